The van der Waals surface area contributed by atoms with Crippen LogP contribution >= 0.6 is 0 Å². The summed E-state index contributed by atoms with van der Waals surface area (Å²) in [7, 11) is -3.87. The summed E-state index contributed by atoms with van der Waals surface area (Å²) in [6.07, 6.45) is 2.36. The summed E-state index contributed by atoms with van der Waals surface area (Å²) in [5.41, 5.74) is 0. The van der Waals surface area contributed by atoms with Crippen LogP contribution in [-0.4, -0.2) is 24.2 Å². The van der Waals surface area contributed by atoms with Crippen molar-refractivity contribution in [3.63, 3.8) is 0 Å². The lowest BCUT2D eigenvalue weighted by Crippen LogP contribution is -2.53. The number of aliphatic carboxylic acids is 1. The van der Waals surface area contributed by atoms with Crippen molar-refractivity contribution in [2.24, 2.45) is 5.92 Å². The molecule has 0 radical (unpaired) electrons. The quantitative estimate of drug-likeness (QED) is 0.924. The zero-order chi connectivity index (χ0) is 14.1. The van der Waals surface area contributed by atoms with Gasteiger partial charge in [0.2, 0.25) is 0 Å². The highest BCUT2D eigenvalue weighted by atomic mass is 32.2. The van der Waals surface area contributed by atoms with Gasteiger partial charge in [0.1, 0.15) is 0 Å². The van der Waals surface area contributed by atoms with Crippen LogP contribution in [0.3, 0.4) is 0 Å². The summed E-state index contributed by atoms with van der Waals surface area (Å²) >= 11 is 0. The Morgan fingerprint density at radius 2 is 1.89 bits per heavy atom. The maximum atomic E-state index is 12.8. The Kier molecular flexibility index (Phi) is 3.67. The van der Waals surface area contributed by atoms with E-state index in [1.165, 1.54) is 12.1 Å². The highest BCUT2D eigenvalue weighted by Crippen LogP contribution is 2.43. The molecule has 19 heavy (non-hydrogen) atoms. The Morgan fingerprint density at radius 3 is 2.42 bits per heavy atom. The molecule has 104 valence electrons. The van der Waals surface area contributed by atoms with Crippen molar-refractivity contribution >= 4 is 15.8 Å². The lowest BCUT2D eigenvalue weighted by molar-refractivity contribution is -0.142. The fourth-order valence-electron chi connectivity index (χ4n) is 2.96. The molecular weight excluding hydrogens is 264 g/mol. The van der Waals surface area contributed by atoms with Crippen molar-refractivity contribution < 1.29 is 18.3 Å². The fourth-order valence-corrected chi connectivity index (χ4v) is 5.19. The number of sulfone groups is 1. The van der Waals surface area contributed by atoms with Crippen LogP contribution in [0.15, 0.2) is 35.2 Å². The van der Waals surface area contributed by atoms with Crippen molar-refractivity contribution in [1.29, 1.82) is 0 Å². The lowest BCUT2D eigenvalue weighted by Gasteiger charge is -2.38. The van der Waals surface area contributed by atoms with Gasteiger partial charge in [-0.25, -0.2) is 8.42 Å². The van der Waals surface area contributed by atoms with Gasteiger partial charge in [-0.05, 0) is 30.9 Å². The topological polar surface area (TPSA) is 71.4 Å². The van der Waals surface area contributed by atoms with E-state index in [4.69, 9.17) is 0 Å². The first kappa shape index (κ1) is 14.1. The van der Waals surface area contributed by atoms with E-state index >= 15 is 0 Å². The molecule has 0 heterocycles. The van der Waals surface area contributed by atoms with Crippen molar-refractivity contribution in [3.8, 4) is 0 Å². The molecule has 1 aromatic carbocycles. The molecule has 0 aliphatic heterocycles. The van der Waals surface area contributed by atoms with Gasteiger partial charge in [0.25, 0.3) is 0 Å². The zero-order valence-corrected chi connectivity index (χ0v) is 11.7. The average molecular weight is 282 g/mol. The number of hydrogen-bond donors (Lipinski definition) is 1. The van der Waals surface area contributed by atoms with Gasteiger partial charge in [-0.2, -0.15) is 0 Å². The fraction of sp³-hybridized carbons (Fsp3) is 0.500. The Labute approximate surface area is 113 Å². The molecule has 5 heteroatoms. The van der Waals surface area contributed by atoms with E-state index in [2.05, 4.69) is 0 Å². The molecule has 1 aromatic rings. The molecule has 4 nitrogen and oxygen atoms in total. The Bertz CT molecular complexity index is 564. The summed E-state index contributed by atoms with van der Waals surface area (Å²) in [6, 6.07) is 7.91. The number of carbonyl (C=O) groups is 1. The smallest absolute Gasteiger partial charge is 0.325 e. The molecule has 1 N–H and O–H groups in total. The molecule has 1 saturated carbocycles. The van der Waals surface area contributed by atoms with E-state index < -0.39 is 20.6 Å². The second-order valence-corrected chi connectivity index (χ2v) is 7.36. The molecule has 0 spiro atoms. The molecule has 0 saturated heterocycles. The largest absolute Gasteiger partial charge is 0.480 e. The van der Waals surface area contributed by atoms with Crippen LogP contribution in [0.2, 0.25) is 0 Å². The molecule has 1 aliphatic rings. The summed E-state index contributed by atoms with van der Waals surface area (Å²) in [5.74, 6) is -1.59. The van der Waals surface area contributed by atoms with Gasteiger partial charge in [-0.1, -0.05) is 38.0 Å². The standard InChI is InChI=1S/C14H18O4S/c1-11-7-5-6-10-14(11,13(15)16)19(17,18)12-8-3-2-4-9-12/h2-4,8-9,11H,5-7,10H2,1H3,(H,15,16). The highest BCUT2D eigenvalue weighted by Gasteiger charge is 2.56. The Morgan fingerprint density at radius 1 is 1.26 bits per heavy atom. The maximum absolute atomic E-state index is 12.8. The van der Waals surface area contributed by atoms with E-state index in [-0.39, 0.29) is 17.2 Å². The van der Waals surface area contributed by atoms with Crippen LogP contribution in [0, 0.1) is 5.92 Å². The van der Waals surface area contributed by atoms with Gasteiger partial charge in [0.05, 0.1) is 4.90 Å². The summed E-state index contributed by atoms with van der Waals surface area (Å²) in [4.78, 5) is 11.8. The maximum Gasteiger partial charge on any atom is 0.325 e. The molecule has 2 unspecified atom stereocenters. The van der Waals surface area contributed by atoms with E-state index in [1.807, 2.05) is 0 Å². The van der Waals surface area contributed by atoms with Crippen LogP contribution in [0.1, 0.15) is 32.6 Å². The minimum absolute atomic E-state index is 0.103. The molecule has 2 atom stereocenters. The monoisotopic (exact) mass is 282 g/mol. The predicted octanol–water partition coefficient (Wildman–Crippen LogP) is 2.49. The zero-order valence-electron chi connectivity index (χ0n) is 10.9. The first-order valence-corrected chi connectivity index (χ1v) is 7.94. The van der Waals surface area contributed by atoms with Gasteiger partial charge in [-0.15, -0.1) is 0 Å². The Hall–Kier alpha value is -1.36. The second-order valence-electron chi connectivity index (χ2n) is 5.16. The van der Waals surface area contributed by atoms with E-state index in [0.29, 0.717) is 12.8 Å². The average Bonchev–Trinajstić information content (AvgIpc) is 2.39. The normalized spacial score (nSPS) is 27.9. The third-order valence-corrected chi connectivity index (χ3v) is 6.76. The number of carboxylic acids is 1. The van der Waals surface area contributed by atoms with E-state index in [0.717, 1.165) is 6.42 Å². The summed E-state index contributed by atoms with van der Waals surface area (Å²) in [5, 5.41) is 9.58. The molecule has 0 bridgehead atoms. The van der Waals surface area contributed by atoms with Crippen molar-refractivity contribution in [1.82, 2.24) is 0 Å². The first-order valence-electron chi connectivity index (χ1n) is 6.46. The molecule has 0 aromatic heterocycles. The number of benzene rings is 1. The highest BCUT2D eigenvalue weighted by molar-refractivity contribution is 7.93. The molecule has 1 aliphatic carbocycles. The van der Waals surface area contributed by atoms with Crippen LogP contribution < -0.4 is 0 Å². The Balaban J connectivity index is 2.60. The van der Waals surface area contributed by atoms with Gasteiger partial charge in [-0.3, -0.25) is 4.79 Å². The van der Waals surface area contributed by atoms with Crippen LogP contribution in [0.25, 0.3) is 0 Å². The van der Waals surface area contributed by atoms with Crippen molar-refractivity contribution in [2.45, 2.75) is 42.2 Å². The molecule has 0 amide bonds. The first-order chi connectivity index (χ1) is 8.93. The van der Waals surface area contributed by atoms with E-state index in [9.17, 15) is 18.3 Å². The van der Waals surface area contributed by atoms with Crippen LogP contribution in [0.4, 0.5) is 0 Å². The third kappa shape index (κ3) is 2.06. The van der Waals surface area contributed by atoms with Crippen molar-refractivity contribution in [2.75, 3.05) is 0 Å². The number of carboxylic acid groups (broad SMARTS) is 1. The minimum atomic E-state index is -3.87. The molecular formula is C14H18O4S. The van der Waals surface area contributed by atoms with Gasteiger partial charge in [0.15, 0.2) is 14.6 Å². The van der Waals surface area contributed by atoms with Crippen LogP contribution in [0.5, 0.6) is 0 Å². The molecule has 1 fully saturated rings. The van der Waals surface area contributed by atoms with Crippen LogP contribution in [-0.2, 0) is 14.6 Å². The number of rotatable bonds is 3. The van der Waals surface area contributed by atoms with Gasteiger partial charge in [0, 0.05) is 0 Å². The predicted molar refractivity (Wildman–Crippen MR) is 71.6 cm³/mol. The third-order valence-electron chi connectivity index (χ3n) is 4.13. The molecule has 2 rings (SSSR count). The van der Waals surface area contributed by atoms with Crippen molar-refractivity contribution in [3.05, 3.63) is 30.3 Å². The number of hydrogen-bond acceptors (Lipinski definition) is 3. The van der Waals surface area contributed by atoms with E-state index in [1.54, 1.807) is 25.1 Å². The lowest BCUT2D eigenvalue weighted by atomic mass is 9.79. The van der Waals surface area contributed by atoms with Gasteiger partial charge < -0.3 is 5.11 Å². The minimum Gasteiger partial charge on any atom is -0.480 e. The SMILES string of the molecule is CC1CCCCC1(C(=O)O)S(=O)(=O)c1ccccc1. The summed E-state index contributed by atoms with van der Waals surface area (Å²) in [6.45, 7) is 1.73. The van der Waals surface area contributed by atoms with Gasteiger partial charge >= 0.3 is 5.97 Å². The summed E-state index contributed by atoms with van der Waals surface area (Å²) < 4.78 is 23.9. The second kappa shape index (κ2) is 4.96.